The molecule has 2 bridgehead atoms. The highest BCUT2D eigenvalue weighted by atomic mass is 79.9. The quantitative estimate of drug-likeness (QED) is 0.809. The first-order chi connectivity index (χ1) is 9.13. The first-order valence-corrected chi connectivity index (χ1v) is 7.38. The molecule has 1 saturated carbocycles. The van der Waals surface area contributed by atoms with Crippen molar-refractivity contribution >= 4 is 39.0 Å². The summed E-state index contributed by atoms with van der Waals surface area (Å²) in [6.07, 6.45) is 3.85. The van der Waals surface area contributed by atoms with Crippen molar-refractivity contribution in [1.82, 2.24) is 0 Å². The van der Waals surface area contributed by atoms with Crippen LogP contribution in [-0.4, -0.2) is 24.3 Å². The fourth-order valence-corrected chi connectivity index (χ4v) is 4.17. The number of benzene rings is 1. The molecule has 5 heteroatoms. The number of nitrogens with one attached hydrogen (secondary N) is 1. The van der Waals surface area contributed by atoms with Crippen molar-refractivity contribution in [3.63, 3.8) is 0 Å². The molecule has 1 aromatic rings. The maximum atomic E-state index is 11.7. The second-order valence-corrected chi connectivity index (χ2v) is 6.47. The van der Waals surface area contributed by atoms with E-state index >= 15 is 0 Å². The summed E-state index contributed by atoms with van der Waals surface area (Å²) in [6.45, 7) is 1.09. The monoisotopic (exact) mass is 320 g/mol. The lowest BCUT2D eigenvalue weighted by Gasteiger charge is -2.30. The van der Waals surface area contributed by atoms with Gasteiger partial charge in [0.1, 0.15) is 0 Å². The van der Waals surface area contributed by atoms with Gasteiger partial charge in [-0.05, 0) is 53.2 Å². The maximum Gasteiger partial charge on any atom is 0.296 e. The van der Waals surface area contributed by atoms with E-state index in [2.05, 4.69) is 26.1 Å². The van der Waals surface area contributed by atoms with Crippen LogP contribution in [0.3, 0.4) is 0 Å². The van der Waals surface area contributed by atoms with Crippen LogP contribution in [-0.2, 0) is 4.79 Å². The lowest BCUT2D eigenvalue weighted by Crippen LogP contribution is -2.32. The van der Waals surface area contributed by atoms with Gasteiger partial charge < -0.3 is 10.2 Å². The van der Waals surface area contributed by atoms with Gasteiger partial charge in [-0.2, -0.15) is 0 Å². The van der Waals surface area contributed by atoms with Gasteiger partial charge in [0.05, 0.1) is 16.9 Å². The van der Waals surface area contributed by atoms with Crippen LogP contribution in [0, 0.1) is 5.92 Å². The number of piperidine rings is 1. The van der Waals surface area contributed by atoms with Crippen LogP contribution in [0.2, 0.25) is 0 Å². The highest BCUT2D eigenvalue weighted by molar-refractivity contribution is 9.10. The fraction of sp³-hybridized carbons (Fsp3) is 0.429. The molecule has 2 unspecified atom stereocenters. The molecular formula is C14H13BrN2O2. The largest absolute Gasteiger partial charge is 0.367 e. The Balaban J connectivity index is 1.77. The zero-order valence-electron chi connectivity index (χ0n) is 10.3. The SMILES string of the molecule is O=C1Nc2cc(N3CC4CCC3C4)c(Br)cc2C1=O. The van der Waals surface area contributed by atoms with Crippen molar-refractivity contribution in [1.29, 1.82) is 0 Å². The molecule has 2 aliphatic heterocycles. The Kier molecular flexibility index (Phi) is 2.31. The lowest BCUT2D eigenvalue weighted by atomic mass is 10.1. The van der Waals surface area contributed by atoms with E-state index < -0.39 is 11.7 Å². The van der Waals surface area contributed by atoms with E-state index in [1.165, 1.54) is 19.3 Å². The highest BCUT2D eigenvalue weighted by Gasteiger charge is 2.39. The average molecular weight is 321 g/mol. The average Bonchev–Trinajstić information content (AvgIpc) is 3.06. The summed E-state index contributed by atoms with van der Waals surface area (Å²) >= 11 is 3.55. The zero-order valence-corrected chi connectivity index (χ0v) is 11.9. The van der Waals surface area contributed by atoms with Crippen molar-refractivity contribution in [2.24, 2.45) is 5.92 Å². The molecule has 2 fully saturated rings. The standard InChI is InChI=1S/C14H13BrN2O2/c15-10-4-9-11(16-14(19)13(9)18)5-12(10)17-6-7-1-2-8(17)3-7/h4-5,7-8H,1-3,6H2,(H,16,18,19). The number of carbonyl (C=O) groups is 2. The molecule has 0 spiro atoms. The predicted molar refractivity (Wildman–Crippen MR) is 75.6 cm³/mol. The smallest absolute Gasteiger partial charge is 0.296 e. The normalized spacial score (nSPS) is 27.9. The molecule has 1 saturated heterocycles. The summed E-state index contributed by atoms with van der Waals surface area (Å²) in [5.74, 6) is -0.159. The Morgan fingerprint density at radius 3 is 2.79 bits per heavy atom. The Morgan fingerprint density at radius 1 is 1.26 bits per heavy atom. The summed E-state index contributed by atoms with van der Waals surface area (Å²) in [5.41, 5.74) is 2.22. The fourth-order valence-electron chi connectivity index (χ4n) is 3.59. The second kappa shape index (κ2) is 3.82. The number of ketones is 1. The summed E-state index contributed by atoms with van der Waals surface area (Å²) in [5, 5.41) is 2.65. The lowest BCUT2D eigenvalue weighted by molar-refractivity contribution is -0.112. The van der Waals surface area contributed by atoms with Crippen LogP contribution in [0.4, 0.5) is 11.4 Å². The molecule has 98 valence electrons. The number of carbonyl (C=O) groups excluding carboxylic acids is 2. The van der Waals surface area contributed by atoms with Gasteiger partial charge in [-0.1, -0.05) is 0 Å². The second-order valence-electron chi connectivity index (χ2n) is 5.62. The van der Waals surface area contributed by atoms with Gasteiger partial charge in [0, 0.05) is 17.1 Å². The molecule has 0 radical (unpaired) electrons. The minimum atomic E-state index is -0.526. The number of fused-ring (bicyclic) bond motifs is 3. The van der Waals surface area contributed by atoms with Gasteiger partial charge in [-0.25, -0.2) is 0 Å². The molecule has 19 heavy (non-hydrogen) atoms. The minimum absolute atomic E-state index is 0.440. The van der Waals surface area contributed by atoms with Crippen molar-refractivity contribution in [2.75, 3.05) is 16.8 Å². The number of amides is 1. The van der Waals surface area contributed by atoms with Crippen molar-refractivity contribution in [3.05, 3.63) is 22.2 Å². The molecule has 2 heterocycles. The number of rotatable bonds is 1. The van der Waals surface area contributed by atoms with Gasteiger partial charge >= 0.3 is 0 Å². The first kappa shape index (κ1) is 11.5. The van der Waals surface area contributed by atoms with Crippen LogP contribution in [0.1, 0.15) is 29.6 Å². The van der Waals surface area contributed by atoms with Crippen LogP contribution >= 0.6 is 15.9 Å². The van der Waals surface area contributed by atoms with E-state index in [4.69, 9.17) is 0 Å². The maximum absolute atomic E-state index is 11.7. The van der Waals surface area contributed by atoms with Crippen molar-refractivity contribution in [3.8, 4) is 0 Å². The van der Waals surface area contributed by atoms with Crippen molar-refractivity contribution < 1.29 is 9.59 Å². The summed E-state index contributed by atoms with van der Waals surface area (Å²) < 4.78 is 0.906. The molecular weight excluding hydrogens is 308 g/mol. The minimum Gasteiger partial charge on any atom is -0.367 e. The van der Waals surface area contributed by atoms with Crippen LogP contribution in [0.5, 0.6) is 0 Å². The summed E-state index contributed by atoms with van der Waals surface area (Å²) in [4.78, 5) is 25.5. The van der Waals surface area contributed by atoms with Gasteiger partial charge in [0.2, 0.25) is 0 Å². The number of Topliss-reactive ketones (excluding diaryl/α,β-unsaturated/α-hetero) is 1. The third kappa shape index (κ3) is 1.57. The molecule has 2 atom stereocenters. The highest BCUT2D eigenvalue weighted by Crippen LogP contribution is 2.44. The van der Waals surface area contributed by atoms with Crippen LogP contribution in [0.25, 0.3) is 0 Å². The number of hydrogen-bond acceptors (Lipinski definition) is 3. The zero-order chi connectivity index (χ0) is 13.1. The summed E-state index contributed by atoms with van der Waals surface area (Å²) in [6, 6.07) is 4.33. The topological polar surface area (TPSA) is 49.4 Å². The number of nitrogens with zero attached hydrogens (tertiary/aromatic N) is 1. The number of halogens is 1. The Labute approximate surface area is 119 Å². The van der Waals surface area contributed by atoms with Gasteiger partial charge in [-0.3, -0.25) is 9.59 Å². The molecule has 1 aliphatic carbocycles. The van der Waals surface area contributed by atoms with E-state index in [1.807, 2.05) is 6.07 Å². The van der Waals surface area contributed by atoms with Gasteiger partial charge in [-0.15, -0.1) is 0 Å². The van der Waals surface area contributed by atoms with E-state index in [0.29, 0.717) is 17.3 Å². The van der Waals surface area contributed by atoms with Gasteiger partial charge in [0.25, 0.3) is 11.7 Å². The van der Waals surface area contributed by atoms with E-state index in [1.54, 1.807) is 6.07 Å². The molecule has 0 aromatic heterocycles. The molecule has 1 amide bonds. The molecule has 4 rings (SSSR count). The third-order valence-electron chi connectivity index (χ3n) is 4.50. The molecule has 1 aromatic carbocycles. The molecule has 4 nitrogen and oxygen atoms in total. The Hall–Kier alpha value is -1.36. The summed E-state index contributed by atoms with van der Waals surface area (Å²) in [7, 11) is 0. The Bertz CT molecular complexity index is 614. The predicted octanol–water partition coefficient (Wildman–Crippen LogP) is 2.57. The van der Waals surface area contributed by atoms with Crippen LogP contribution < -0.4 is 10.2 Å². The molecule has 1 N–H and O–H groups in total. The number of anilines is 2. The number of hydrogen-bond donors (Lipinski definition) is 1. The van der Waals surface area contributed by atoms with Crippen LogP contribution in [0.15, 0.2) is 16.6 Å². The van der Waals surface area contributed by atoms with Gasteiger partial charge in [0.15, 0.2) is 0 Å². The first-order valence-electron chi connectivity index (χ1n) is 6.59. The molecule has 3 aliphatic rings. The van der Waals surface area contributed by atoms with Crippen molar-refractivity contribution in [2.45, 2.75) is 25.3 Å². The van der Waals surface area contributed by atoms with E-state index in [-0.39, 0.29) is 0 Å². The third-order valence-corrected chi connectivity index (χ3v) is 5.14. The van der Waals surface area contributed by atoms with E-state index in [0.717, 1.165) is 22.6 Å². The van der Waals surface area contributed by atoms with E-state index in [9.17, 15) is 9.59 Å². The Morgan fingerprint density at radius 2 is 2.11 bits per heavy atom.